The summed E-state index contributed by atoms with van der Waals surface area (Å²) in [7, 11) is 1.44. The van der Waals surface area contributed by atoms with Gasteiger partial charge in [-0.2, -0.15) is 0 Å². The van der Waals surface area contributed by atoms with Gasteiger partial charge in [0.15, 0.2) is 6.04 Å². The first-order chi connectivity index (χ1) is 8.08. The molecule has 17 heavy (non-hydrogen) atoms. The Labute approximate surface area is 97.1 Å². The normalized spacial score (nSPS) is 11.6. The average molecular weight is 240 g/mol. The van der Waals surface area contributed by atoms with Gasteiger partial charge in [0.1, 0.15) is 0 Å². The maximum atomic E-state index is 11.6. The van der Waals surface area contributed by atoms with E-state index in [0.717, 1.165) is 0 Å². The van der Waals surface area contributed by atoms with Gasteiger partial charge in [0.2, 0.25) is 5.88 Å². The number of carboxylic acids is 1. The molecule has 0 aromatic carbocycles. The zero-order valence-electron chi connectivity index (χ0n) is 9.08. The molecule has 1 aromatic rings. The Morgan fingerprint density at radius 2 is 2.24 bits per heavy atom. The quantitative estimate of drug-likeness (QED) is 0.625. The summed E-state index contributed by atoms with van der Waals surface area (Å²) < 4.78 is 4.81. The average Bonchev–Trinajstić information content (AvgIpc) is 2.35. The zero-order chi connectivity index (χ0) is 12.8. The number of hydrogen-bond donors (Lipinski definition) is 3. The highest BCUT2D eigenvalue weighted by atomic mass is 16.5. The van der Waals surface area contributed by atoms with E-state index in [1.54, 1.807) is 0 Å². The second-order valence-electron chi connectivity index (χ2n) is 3.14. The lowest BCUT2D eigenvalue weighted by molar-refractivity contribution is -0.140. The molecule has 0 spiro atoms. The van der Waals surface area contributed by atoms with E-state index in [0.29, 0.717) is 5.88 Å². The first-order valence-corrected chi connectivity index (χ1v) is 4.73. The van der Waals surface area contributed by atoms with Gasteiger partial charge in [0.25, 0.3) is 5.91 Å². The van der Waals surface area contributed by atoms with E-state index in [2.05, 4.69) is 10.3 Å². The Bertz CT molecular complexity index is 404. The molecule has 7 heteroatoms. The van der Waals surface area contributed by atoms with Crippen molar-refractivity contribution in [1.82, 2.24) is 10.3 Å². The number of methoxy groups -OCH3 is 1. The molecule has 0 radical (unpaired) electrons. The number of carboxylic acid groups (broad SMARTS) is 1. The number of pyridine rings is 1. The number of rotatable bonds is 5. The molecule has 1 rings (SSSR count). The highest BCUT2D eigenvalue weighted by Gasteiger charge is 2.19. The summed E-state index contributed by atoms with van der Waals surface area (Å²) in [4.78, 5) is 25.9. The van der Waals surface area contributed by atoms with Gasteiger partial charge in [-0.3, -0.25) is 4.79 Å². The number of aliphatic hydroxyl groups is 1. The van der Waals surface area contributed by atoms with Crippen LogP contribution in [0.2, 0.25) is 0 Å². The van der Waals surface area contributed by atoms with Gasteiger partial charge < -0.3 is 20.3 Å². The summed E-state index contributed by atoms with van der Waals surface area (Å²) in [5, 5.41) is 19.5. The summed E-state index contributed by atoms with van der Waals surface area (Å²) in [5.74, 6) is -1.58. The number of aliphatic carboxylic acids is 1. The molecule has 0 saturated carbocycles. The molecule has 1 atom stereocenters. The molecular formula is C10H12N2O5. The van der Waals surface area contributed by atoms with Crippen LogP contribution in [0.15, 0.2) is 18.3 Å². The van der Waals surface area contributed by atoms with E-state index in [1.165, 1.54) is 25.4 Å². The lowest BCUT2D eigenvalue weighted by Crippen LogP contribution is -2.43. The number of ether oxygens (including phenoxy) is 1. The van der Waals surface area contributed by atoms with Gasteiger partial charge in [0, 0.05) is 12.3 Å². The SMILES string of the molecule is COc1ccc(C(=O)NC(CO)C(=O)O)cn1. The zero-order valence-corrected chi connectivity index (χ0v) is 9.08. The van der Waals surface area contributed by atoms with Crippen LogP contribution in [-0.2, 0) is 4.79 Å². The van der Waals surface area contributed by atoms with Crippen LogP contribution >= 0.6 is 0 Å². The van der Waals surface area contributed by atoms with Crippen molar-refractivity contribution in [3.63, 3.8) is 0 Å². The lowest BCUT2D eigenvalue weighted by atomic mass is 10.2. The molecule has 1 amide bonds. The maximum Gasteiger partial charge on any atom is 0.328 e. The number of nitrogens with one attached hydrogen (secondary N) is 1. The number of carbonyl (C=O) groups is 2. The number of carbonyl (C=O) groups excluding carboxylic acids is 1. The number of hydrogen-bond acceptors (Lipinski definition) is 5. The Hall–Kier alpha value is -2.15. The second-order valence-corrected chi connectivity index (χ2v) is 3.14. The van der Waals surface area contributed by atoms with Crippen LogP contribution in [0.5, 0.6) is 5.88 Å². The van der Waals surface area contributed by atoms with Crippen molar-refractivity contribution in [2.45, 2.75) is 6.04 Å². The smallest absolute Gasteiger partial charge is 0.328 e. The van der Waals surface area contributed by atoms with E-state index in [4.69, 9.17) is 14.9 Å². The minimum atomic E-state index is -1.33. The van der Waals surface area contributed by atoms with Crippen molar-refractivity contribution in [3.05, 3.63) is 23.9 Å². The Balaban J connectivity index is 2.72. The Morgan fingerprint density at radius 1 is 1.53 bits per heavy atom. The molecule has 0 saturated heterocycles. The highest BCUT2D eigenvalue weighted by Crippen LogP contribution is 2.06. The predicted octanol–water partition coefficient (Wildman–Crippen LogP) is -0.735. The first-order valence-electron chi connectivity index (χ1n) is 4.73. The van der Waals surface area contributed by atoms with Crippen molar-refractivity contribution >= 4 is 11.9 Å². The fourth-order valence-corrected chi connectivity index (χ4v) is 1.06. The molecule has 7 nitrogen and oxygen atoms in total. The van der Waals surface area contributed by atoms with Crippen LogP contribution < -0.4 is 10.1 Å². The van der Waals surface area contributed by atoms with Gasteiger partial charge in [-0.05, 0) is 6.07 Å². The third kappa shape index (κ3) is 3.42. The van der Waals surface area contributed by atoms with Gasteiger partial charge in [-0.1, -0.05) is 0 Å². The van der Waals surface area contributed by atoms with Crippen molar-refractivity contribution < 1.29 is 24.5 Å². The van der Waals surface area contributed by atoms with Crippen LogP contribution in [-0.4, -0.2) is 46.8 Å². The molecule has 3 N–H and O–H groups in total. The van der Waals surface area contributed by atoms with Crippen LogP contribution in [0, 0.1) is 0 Å². The standard InChI is InChI=1S/C10H12N2O5/c1-17-8-3-2-6(4-11-8)9(14)12-7(5-13)10(15)16/h2-4,7,13H,5H2,1H3,(H,12,14)(H,15,16). The van der Waals surface area contributed by atoms with E-state index in [9.17, 15) is 9.59 Å². The van der Waals surface area contributed by atoms with Crippen molar-refractivity contribution in [1.29, 1.82) is 0 Å². The maximum absolute atomic E-state index is 11.6. The summed E-state index contributed by atoms with van der Waals surface area (Å²) in [6.45, 7) is -0.676. The predicted molar refractivity (Wildman–Crippen MR) is 56.8 cm³/mol. The molecule has 0 aliphatic heterocycles. The monoisotopic (exact) mass is 240 g/mol. The van der Waals surface area contributed by atoms with Crippen LogP contribution in [0.4, 0.5) is 0 Å². The van der Waals surface area contributed by atoms with Crippen molar-refractivity contribution in [2.75, 3.05) is 13.7 Å². The molecule has 1 unspecified atom stereocenters. The van der Waals surface area contributed by atoms with Gasteiger partial charge in [0.05, 0.1) is 19.3 Å². The van der Waals surface area contributed by atoms with Gasteiger partial charge in [-0.15, -0.1) is 0 Å². The van der Waals surface area contributed by atoms with E-state index in [-0.39, 0.29) is 5.56 Å². The molecule has 0 aliphatic rings. The number of amides is 1. The summed E-state index contributed by atoms with van der Waals surface area (Å²) >= 11 is 0. The summed E-state index contributed by atoms with van der Waals surface area (Å²) in [6, 6.07) is 1.59. The van der Waals surface area contributed by atoms with Crippen LogP contribution in [0.1, 0.15) is 10.4 Å². The van der Waals surface area contributed by atoms with E-state index < -0.39 is 24.5 Å². The van der Waals surface area contributed by atoms with Crippen molar-refractivity contribution in [2.24, 2.45) is 0 Å². The molecule has 92 valence electrons. The minimum absolute atomic E-state index is 0.186. The number of aliphatic hydroxyl groups excluding tert-OH is 1. The Morgan fingerprint density at radius 3 is 2.65 bits per heavy atom. The second kappa shape index (κ2) is 5.80. The molecule has 1 heterocycles. The molecule has 0 bridgehead atoms. The lowest BCUT2D eigenvalue weighted by Gasteiger charge is -2.11. The number of nitrogens with zero attached hydrogens (tertiary/aromatic N) is 1. The van der Waals surface area contributed by atoms with E-state index in [1.807, 2.05) is 0 Å². The first kappa shape index (κ1) is 12.9. The minimum Gasteiger partial charge on any atom is -0.481 e. The third-order valence-electron chi connectivity index (χ3n) is 1.99. The number of aromatic nitrogens is 1. The van der Waals surface area contributed by atoms with E-state index >= 15 is 0 Å². The highest BCUT2D eigenvalue weighted by molar-refractivity contribution is 5.96. The fourth-order valence-electron chi connectivity index (χ4n) is 1.06. The summed E-state index contributed by atoms with van der Waals surface area (Å²) in [6.07, 6.45) is 1.25. The van der Waals surface area contributed by atoms with Crippen LogP contribution in [0.3, 0.4) is 0 Å². The Kier molecular flexibility index (Phi) is 4.41. The third-order valence-corrected chi connectivity index (χ3v) is 1.99. The fraction of sp³-hybridized carbons (Fsp3) is 0.300. The van der Waals surface area contributed by atoms with Crippen LogP contribution in [0.25, 0.3) is 0 Å². The van der Waals surface area contributed by atoms with Gasteiger partial charge >= 0.3 is 5.97 Å². The molecule has 0 fully saturated rings. The molecule has 0 aliphatic carbocycles. The largest absolute Gasteiger partial charge is 0.481 e. The van der Waals surface area contributed by atoms with Crippen molar-refractivity contribution in [3.8, 4) is 5.88 Å². The topological polar surface area (TPSA) is 109 Å². The molecular weight excluding hydrogens is 228 g/mol. The van der Waals surface area contributed by atoms with Gasteiger partial charge in [-0.25, -0.2) is 9.78 Å². The summed E-state index contributed by atoms with van der Waals surface area (Å²) in [5.41, 5.74) is 0.186. The molecule has 1 aromatic heterocycles.